The first kappa shape index (κ1) is 19.5. The van der Waals surface area contributed by atoms with Gasteiger partial charge in [0.15, 0.2) is 11.5 Å². The summed E-state index contributed by atoms with van der Waals surface area (Å²) in [5, 5.41) is 3.14. The lowest BCUT2D eigenvalue weighted by atomic mass is 10.1. The smallest absolute Gasteiger partial charge is 0.256 e. The van der Waals surface area contributed by atoms with Gasteiger partial charge in [-0.1, -0.05) is 30.3 Å². The van der Waals surface area contributed by atoms with Gasteiger partial charge in [-0.3, -0.25) is 9.78 Å². The molecule has 0 bridgehead atoms. The van der Waals surface area contributed by atoms with E-state index in [1.54, 1.807) is 0 Å². The molecule has 0 aliphatic heterocycles. The molecule has 2 N–H and O–H groups in total. The Hall–Kier alpha value is -3.28. The van der Waals surface area contributed by atoms with E-state index in [-0.39, 0.29) is 5.56 Å². The molecule has 6 heteroatoms. The topological polar surface area (TPSA) is 76.2 Å². The Morgan fingerprint density at radius 3 is 2.39 bits per heavy atom. The largest absolute Gasteiger partial charge is 0.490 e. The van der Waals surface area contributed by atoms with E-state index in [1.165, 1.54) is 0 Å². The van der Waals surface area contributed by atoms with Crippen LogP contribution in [0.2, 0.25) is 0 Å². The first-order valence-corrected chi connectivity index (χ1v) is 9.41. The fourth-order valence-electron chi connectivity index (χ4n) is 2.94. The Bertz CT molecular complexity index is 984. The van der Waals surface area contributed by atoms with Crippen molar-refractivity contribution in [2.24, 2.45) is 0 Å². The zero-order chi connectivity index (χ0) is 19.9. The number of hydrogen-bond acceptors (Lipinski definition) is 5. The van der Waals surface area contributed by atoms with Crippen LogP contribution in [0.3, 0.4) is 0 Å². The summed E-state index contributed by atoms with van der Waals surface area (Å²) in [6, 6.07) is 15.4. The van der Waals surface area contributed by atoms with E-state index in [2.05, 4.69) is 15.3 Å². The van der Waals surface area contributed by atoms with Crippen LogP contribution < -0.4 is 20.3 Å². The van der Waals surface area contributed by atoms with Crippen molar-refractivity contribution in [3.05, 3.63) is 75.7 Å². The molecule has 0 aliphatic carbocycles. The number of benzene rings is 2. The quantitative estimate of drug-likeness (QED) is 0.613. The van der Waals surface area contributed by atoms with E-state index < -0.39 is 0 Å². The third-order valence-corrected chi connectivity index (χ3v) is 4.25. The molecule has 0 saturated carbocycles. The second-order valence-corrected chi connectivity index (χ2v) is 6.29. The van der Waals surface area contributed by atoms with E-state index in [1.807, 2.05) is 69.3 Å². The van der Waals surface area contributed by atoms with Gasteiger partial charge in [-0.05, 0) is 38.5 Å². The standard InChI is InChI=1S/C22H25N3O3/c1-4-27-19-12-11-17(14-20(19)28-5-2)24-22-23-15(3)18(21(26)25-22)13-16-9-7-6-8-10-16/h6-12,14H,4-5,13H2,1-3H3,(H2,23,24,25,26). The monoisotopic (exact) mass is 379 g/mol. The van der Waals surface area contributed by atoms with Crippen molar-refractivity contribution in [1.29, 1.82) is 0 Å². The Balaban J connectivity index is 1.83. The predicted octanol–water partition coefficient (Wildman–Crippen LogP) is 4.21. The van der Waals surface area contributed by atoms with Gasteiger partial charge < -0.3 is 14.8 Å². The summed E-state index contributed by atoms with van der Waals surface area (Å²) in [7, 11) is 0. The van der Waals surface area contributed by atoms with Crippen molar-refractivity contribution in [3.8, 4) is 11.5 Å². The molecule has 3 aromatic rings. The van der Waals surface area contributed by atoms with Crippen molar-refractivity contribution in [2.45, 2.75) is 27.2 Å². The van der Waals surface area contributed by atoms with Crippen molar-refractivity contribution < 1.29 is 9.47 Å². The highest BCUT2D eigenvalue weighted by Gasteiger charge is 2.11. The normalized spacial score (nSPS) is 10.5. The highest BCUT2D eigenvalue weighted by Crippen LogP contribution is 2.31. The molecule has 0 unspecified atom stereocenters. The van der Waals surface area contributed by atoms with Gasteiger partial charge in [-0.25, -0.2) is 4.98 Å². The van der Waals surface area contributed by atoms with Crippen LogP contribution in [0.25, 0.3) is 0 Å². The van der Waals surface area contributed by atoms with Crippen LogP contribution in [0.1, 0.15) is 30.7 Å². The second-order valence-electron chi connectivity index (χ2n) is 6.29. The van der Waals surface area contributed by atoms with Crippen molar-refractivity contribution in [1.82, 2.24) is 9.97 Å². The van der Waals surface area contributed by atoms with Gasteiger partial charge in [0.1, 0.15) is 0 Å². The molecule has 0 saturated heterocycles. The van der Waals surface area contributed by atoms with Gasteiger partial charge in [0.2, 0.25) is 5.95 Å². The summed E-state index contributed by atoms with van der Waals surface area (Å²) in [6.07, 6.45) is 0.548. The third-order valence-electron chi connectivity index (χ3n) is 4.25. The van der Waals surface area contributed by atoms with Crippen molar-refractivity contribution in [3.63, 3.8) is 0 Å². The summed E-state index contributed by atoms with van der Waals surface area (Å²) >= 11 is 0. The van der Waals surface area contributed by atoms with Crippen LogP contribution in [-0.2, 0) is 6.42 Å². The van der Waals surface area contributed by atoms with Crippen LogP contribution >= 0.6 is 0 Å². The minimum atomic E-state index is -0.144. The molecular formula is C22H25N3O3. The van der Waals surface area contributed by atoms with Gasteiger partial charge in [0.05, 0.1) is 18.9 Å². The zero-order valence-electron chi connectivity index (χ0n) is 16.4. The van der Waals surface area contributed by atoms with Crippen molar-refractivity contribution >= 4 is 11.6 Å². The Labute approximate surface area is 164 Å². The number of anilines is 2. The Morgan fingerprint density at radius 1 is 1.00 bits per heavy atom. The van der Waals surface area contributed by atoms with Crippen LogP contribution in [0.15, 0.2) is 53.3 Å². The molecule has 1 heterocycles. The summed E-state index contributed by atoms with van der Waals surface area (Å²) in [5.74, 6) is 1.73. The molecule has 0 amide bonds. The SMILES string of the molecule is CCOc1ccc(Nc2nc(C)c(Cc3ccccc3)c(=O)[nH]2)cc1OCC. The van der Waals surface area contributed by atoms with Gasteiger partial charge in [-0.15, -0.1) is 0 Å². The highest BCUT2D eigenvalue weighted by atomic mass is 16.5. The van der Waals surface area contributed by atoms with E-state index >= 15 is 0 Å². The third kappa shape index (κ3) is 4.71. The molecular weight excluding hydrogens is 354 g/mol. The van der Waals surface area contributed by atoms with Gasteiger partial charge >= 0.3 is 0 Å². The molecule has 0 radical (unpaired) electrons. The molecule has 146 valence electrons. The summed E-state index contributed by atoms with van der Waals surface area (Å²) in [6.45, 7) is 6.79. The minimum absolute atomic E-state index is 0.144. The molecule has 6 nitrogen and oxygen atoms in total. The fraction of sp³-hybridized carbons (Fsp3) is 0.273. The number of H-pyrrole nitrogens is 1. The molecule has 1 aromatic heterocycles. The van der Waals surface area contributed by atoms with Crippen LogP contribution in [-0.4, -0.2) is 23.2 Å². The number of nitrogens with one attached hydrogen (secondary N) is 2. The fourth-order valence-corrected chi connectivity index (χ4v) is 2.94. The molecule has 3 rings (SSSR count). The molecule has 2 aromatic carbocycles. The summed E-state index contributed by atoms with van der Waals surface area (Å²) in [4.78, 5) is 19.9. The Kier molecular flexibility index (Phi) is 6.32. The second kappa shape index (κ2) is 9.08. The van der Waals surface area contributed by atoms with E-state index in [0.717, 1.165) is 11.3 Å². The lowest BCUT2D eigenvalue weighted by Crippen LogP contribution is -2.18. The van der Waals surface area contributed by atoms with E-state index in [0.29, 0.717) is 48.3 Å². The van der Waals surface area contributed by atoms with Gasteiger partial charge in [0.25, 0.3) is 5.56 Å². The number of aromatic nitrogens is 2. The first-order valence-electron chi connectivity index (χ1n) is 9.41. The predicted molar refractivity (Wildman–Crippen MR) is 111 cm³/mol. The van der Waals surface area contributed by atoms with E-state index in [9.17, 15) is 4.79 Å². The van der Waals surface area contributed by atoms with Crippen LogP contribution in [0, 0.1) is 6.92 Å². The first-order chi connectivity index (χ1) is 13.6. The molecule has 0 atom stereocenters. The zero-order valence-corrected chi connectivity index (χ0v) is 16.4. The maximum atomic E-state index is 12.6. The van der Waals surface area contributed by atoms with Crippen molar-refractivity contribution in [2.75, 3.05) is 18.5 Å². The lowest BCUT2D eigenvalue weighted by molar-refractivity contribution is 0.288. The van der Waals surface area contributed by atoms with Gasteiger partial charge in [-0.2, -0.15) is 0 Å². The number of hydrogen-bond donors (Lipinski definition) is 2. The average molecular weight is 379 g/mol. The number of nitrogens with zero attached hydrogens (tertiary/aromatic N) is 1. The molecule has 0 aliphatic rings. The van der Waals surface area contributed by atoms with Crippen LogP contribution in [0.4, 0.5) is 11.6 Å². The maximum Gasteiger partial charge on any atom is 0.256 e. The summed E-state index contributed by atoms with van der Waals surface area (Å²) < 4.78 is 11.2. The lowest BCUT2D eigenvalue weighted by Gasteiger charge is -2.14. The summed E-state index contributed by atoms with van der Waals surface area (Å²) in [5.41, 5.74) is 3.05. The molecule has 0 spiro atoms. The Morgan fingerprint density at radius 2 is 1.71 bits per heavy atom. The number of ether oxygens (including phenoxy) is 2. The number of rotatable bonds is 8. The van der Waals surface area contributed by atoms with E-state index in [4.69, 9.17) is 9.47 Å². The number of aromatic amines is 1. The number of aryl methyl sites for hydroxylation is 1. The molecule has 28 heavy (non-hydrogen) atoms. The minimum Gasteiger partial charge on any atom is -0.490 e. The maximum absolute atomic E-state index is 12.6. The highest BCUT2D eigenvalue weighted by molar-refractivity contribution is 5.60. The average Bonchev–Trinajstić information content (AvgIpc) is 2.68. The van der Waals surface area contributed by atoms with Crippen LogP contribution in [0.5, 0.6) is 11.5 Å². The molecule has 0 fully saturated rings. The van der Waals surface area contributed by atoms with Gasteiger partial charge in [0, 0.05) is 23.7 Å².